The molecule has 0 saturated carbocycles. The maximum atomic E-state index is 5.57. The lowest BCUT2D eigenvalue weighted by Gasteiger charge is -2.31. The van der Waals surface area contributed by atoms with Gasteiger partial charge >= 0.3 is 0 Å². The maximum Gasteiger partial charge on any atom is 0.119 e. The number of likely N-dealkylation sites (tertiary alicyclic amines) is 1. The standard InChI is InChI=1S/C18H27N3O/c1-22-15-4-5-18-16(12-15)17(13-20-18)14-6-10-21(11-7-14)9-3-2-8-19/h4-5,12-14,20H,2-3,6-11,19H2,1H3. The summed E-state index contributed by atoms with van der Waals surface area (Å²) >= 11 is 0. The van der Waals surface area contributed by atoms with Crippen molar-refractivity contribution in [3.05, 3.63) is 30.0 Å². The van der Waals surface area contributed by atoms with E-state index >= 15 is 0 Å². The maximum absolute atomic E-state index is 5.57. The second-order valence-corrected chi connectivity index (χ2v) is 6.27. The highest BCUT2D eigenvalue weighted by molar-refractivity contribution is 5.85. The minimum atomic E-state index is 0.659. The molecule has 0 unspecified atom stereocenters. The van der Waals surface area contributed by atoms with E-state index in [1.165, 1.54) is 55.4 Å². The molecule has 3 N–H and O–H groups in total. The first-order valence-electron chi connectivity index (χ1n) is 8.39. The Morgan fingerprint density at radius 2 is 2.09 bits per heavy atom. The summed E-state index contributed by atoms with van der Waals surface area (Å²) in [4.78, 5) is 5.99. The van der Waals surface area contributed by atoms with Crippen LogP contribution in [0, 0.1) is 0 Å². The Balaban J connectivity index is 1.66. The molecule has 0 atom stereocenters. The van der Waals surface area contributed by atoms with E-state index in [0.717, 1.165) is 18.7 Å². The molecule has 1 aliphatic heterocycles. The molecule has 0 bridgehead atoms. The number of H-pyrrole nitrogens is 1. The van der Waals surface area contributed by atoms with E-state index in [4.69, 9.17) is 10.5 Å². The van der Waals surface area contributed by atoms with Crippen LogP contribution in [-0.2, 0) is 0 Å². The molecule has 2 aromatic rings. The molecule has 4 nitrogen and oxygen atoms in total. The minimum Gasteiger partial charge on any atom is -0.497 e. The van der Waals surface area contributed by atoms with Gasteiger partial charge in [-0.3, -0.25) is 0 Å². The van der Waals surface area contributed by atoms with Crippen molar-refractivity contribution in [3.63, 3.8) is 0 Å². The van der Waals surface area contributed by atoms with Gasteiger partial charge in [0.25, 0.3) is 0 Å². The van der Waals surface area contributed by atoms with E-state index in [-0.39, 0.29) is 0 Å². The first kappa shape index (κ1) is 15.4. The van der Waals surface area contributed by atoms with Crippen LogP contribution in [0.5, 0.6) is 5.75 Å². The van der Waals surface area contributed by atoms with Crippen LogP contribution in [0.3, 0.4) is 0 Å². The van der Waals surface area contributed by atoms with Gasteiger partial charge in [-0.15, -0.1) is 0 Å². The number of fused-ring (bicyclic) bond motifs is 1. The fourth-order valence-electron chi connectivity index (χ4n) is 3.53. The Morgan fingerprint density at radius 1 is 1.27 bits per heavy atom. The largest absolute Gasteiger partial charge is 0.497 e. The SMILES string of the molecule is COc1ccc2[nH]cc(C3CCN(CCCCN)CC3)c2c1. The second kappa shape index (κ2) is 7.16. The normalized spacial score (nSPS) is 17.2. The van der Waals surface area contributed by atoms with Crippen molar-refractivity contribution in [2.45, 2.75) is 31.6 Å². The number of nitrogens with zero attached hydrogens (tertiary/aromatic N) is 1. The number of methoxy groups -OCH3 is 1. The average Bonchev–Trinajstić information content (AvgIpc) is 2.98. The molecule has 2 heterocycles. The highest BCUT2D eigenvalue weighted by atomic mass is 16.5. The molecule has 0 aliphatic carbocycles. The number of aromatic nitrogens is 1. The molecule has 120 valence electrons. The van der Waals surface area contributed by atoms with Gasteiger partial charge in [-0.2, -0.15) is 0 Å². The molecule has 0 radical (unpaired) electrons. The molecule has 1 fully saturated rings. The molecular formula is C18H27N3O. The van der Waals surface area contributed by atoms with Crippen LogP contribution < -0.4 is 10.5 Å². The molecule has 3 rings (SSSR count). The zero-order chi connectivity index (χ0) is 15.4. The van der Waals surface area contributed by atoms with E-state index in [2.05, 4.69) is 28.2 Å². The number of benzene rings is 1. The summed E-state index contributed by atoms with van der Waals surface area (Å²) in [5.41, 5.74) is 8.24. The minimum absolute atomic E-state index is 0.659. The lowest BCUT2D eigenvalue weighted by Crippen LogP contribution is -2.33. The van der Waals surface area contributed by atoms with Gasteiger partial charge in [0.05, 0.1) is 7.11 Å². The van der Waals surface area contributed by atoms with Gasteiger partial charge in [-0.1, -0.05) is 0 Å². The molecule has 1 aliphatic rings. The zero-order valence-electron chi connectivity index (χ0n) is 13.5. The number of nitrogens with two attached hydrogens (primary N) is 1. The second-order valence-electron chi connectivity index (χ2n) is 6.27. The lowest BCUT2D eigenvalue weighted by atomic mass is 9.89. The molecule has 1 aromatic carbocycles. The van der Waals surface area contributed by atoms with Gasteiger partial charge in [-0.05, 0) is 81.5 Å². The topological polar surface area (TPSA) is 54.3 Å². The molecule has 1 saturated heterocycles. The first-order chi connectivity index (χ1) is 10.8. The number of unbranched alkanes of at least 4 members (excludes halogenated alkanes) is 1. The molecule has 4 heteroatoms. The van der Waals surface area contributed by atoms with Crippen molar-refractivity contribution in [1.29, 1.82) is 0 Å². The summed E-state index contributed by atoms with van der Waals surface area (Å²) < 4.78 is 5.37. The van der Waals surface area contributed by atoms with Gasteiger partial charge in [0.2, 0.25) is 0 Å². The fraction of sp³-hybridized carbons (Fsp3) is 0.556. The van der Waals surface area contributed by atoms with Gasteiger partial charge in [0, 0.05) is 17.1 Å². The number of nitrogens with one attached hydrogen (secondary N) is 1. The van der Waals surface area contributed by atoms with Crippen LogP contribution in [0.2, 0.25) is 0 Å². The van der Waals surface area contributed by atoms with Gasteiger partial charge in [-0.25, -0.2) is 0 Å². The van der Waals surface area contributed by atoms with Crippen molar-refractivity contribution >= 4 is 10.9 Å². The Morgan fingerprint density at radius 3 is 2.82 bits per heavy atom. The summed E-state index contributed by atoms with van der Waals surface area (Å²) in [6, 6.07) is 6.29. The summed E-state index contributed by atoms with van der Waals surface area (Å²) in [7, 11) is 1.73. The fourth-order valence-corrected chi connectivity index (χ4v) is 3.53. The van der Waals surface area contributed by atoms with Crippen molar-refractivity contribution < 1.29 is 4.74 Å². The van der Waals surface area contributed by atoms with E-state index in [0.29, 0.717) is 5.92 Å². The molecule has 1 aromatic heterocycles. The van der Waals surface area contributed by atoms with Crippen LogP contribution in [0.1, 0.15) is 37.2 Å². The average molecular weight is 301 g/mol. The third-order valence-corrected chi connectivity index (χ3v) is 4.88. The van der Waals surface area contributed by atoms with E-state index < -0.39 is 0 Å². The van der Waals surface area contributed by atoms with E-state index in [1.54, 1.807) is 7.11 Å². The van der Waals surface area contributed by atoms with Crippen LogP contribution in [0.4, 0.5) is 0 Å². The number of ether oxygens (including phenoxy) is 1. The third-order valence-electron chi connectivity index (χ3n) is 4.88. The monoisotopic (exact) mass is 301 g/mol. The van der Waals surface area contributed by atoms with Gasteiger partial charge in [0.15, 0.2) is 0 Å². The number of rotatable bonds is 6. The molecule has 0 amide bonds. The third kappa shape index (κ3) is 3.28. The summed E-state index contributed by atoms with van der Waals surface area (Å²) in [5.74, 6) is 1.60. The lowest BCUT2D eigenvalue weighted by molar-refractivity contribution is 0.209. The van der Waals surface area contributed by atoms with Crippen molar-refractivity contribution in [3.8, 4) is 5.75 Å². The van der Waals surface area contributed by atoms with Crippen molar-refractivity contribution in [2.24, 2.45) is 5.73 Å². The van der Waals surface area contributed by atoms with Crippen LogP contribution >= 0.6 is 0 Å². The van der Waals surface area contributed by atoms with Crippen molar-refractivity contribution in [1.82, 2.24) is 9.88 Å². The summed E-state index contributed by atoms with van der Waals surface area (Å²) in [5, 5.41) is 1.32. The Bertz CT molecular complexity index is 599. The summed E-state index contributed by atoms with van der Waals surface area (Å²) in [6.07, 6.45) is 7.05. The smallest absolute Gasteiger partial charge is 0.119 e. The van der Waals surface area contributed by atoms with Crippen molar-refractivity contribution in [2.75, 3.05) is 33.3 Å². The van der Waals surface area contributed by atoms with Crippen LogP contribution in [0.25, 0.3) is 10.9 Å². The number of piperidine rings is 1. The first-order valence-corrected chi connectivity index (χ1v) is 8.39. The van der Waals surface area contributed by atoms with Crippen LogP contribution in [0.15, 0.2) is 24.4 Å². The number of hydrogen-bond acceptors (Lipinski definition) is 3. The number of aromatic amines is 1. The van der Waals surface area contributed by atoms with Crippen LogP contribution in [-0.4, -0.2) is 43.2 Å². The molecule has 22 heavy (non-hydrogen) atoms. The molecule has 0 spiro atoms. The highest BCUT2D eigenvalue weighted by Crippen LogP contribution is 2.34. The predicted molar refractivity (Wildman–Crippen MR) is 91.6 cm³/mol. The Kier molecular flexibility index (Phi) is 5.01. The zero-order valence-corrected chi connectivity index (χ0v) is 13.5. The van der Waals surface area contributed by atoms with E-state index in [1.807, 2.05) is 6.07 Å². The summed E-state index contributed by atoms with van der Waals surface area (Å²) in [6.45, 7) is 4.41. The number of hydrogen-bond donors (Lipinski definition) is 2. The Labute approximate surface area is 132 Å². The quantitative estimate of drug-likeness (QED) is 0.806. The predicted octanol–water partition coefficient (Wildman–Crippen LogP) is 3.09. The van der Waals surface area contributed by atoms with Gasteiger partial charge in [0.1, 0.15) is 5.75 Å². The van der Waals surface area contributed by atoms with E-state index in [9.17, 15) is 0 Å². The molecular weight excluding hydrogens is 274 g/mol. The van der Waals surface area contributed by atoms with Gasteiger partial charge < -0.3 is 20.4 Å². The Hall–Kier alpha value is -1.52. The highest BCUT2D eigenvalue weighted by Gasteiger charge is 2.22.